The van der Waals surface area contributed by atoms with Crippen LogP contribution in [0.4, 0.5) is 17.3 Å². The fourth-order valence-corrected chi connectivity index (χ4v) is 3.43. The van der Waals surface area contributed by atoms with Gasteiger partial charge in [-0.3, -0.25) is 0 Å². The van der Waals surface area contributed by atoms with Gasteiger partial charge in [0.2, 0.25) is 5.36 Å². The molecule has 0 unspecified atom stereocenters. The summed E-state index contributed by atoms with van der Waals surface area (Å²) in [6, 6.07) is 18.7. The van der Waals surface area contributed by atoms with Gasteiger partial charge in [-0.1, -0.05) is 23.7 Å². The van der Waals surface area contributed by atoms with Gasteiger partial charge in [-0.2, -0.15) is 0 Å². The Kier molecular flexibility index (Phi) is 6.44. The molecule has 1 aliphatic carbocycles. The van der Waals surface area contributed by atoms with Crippen molar-refractivity contribution in [3.8, 4) is 11.3 Å². The van der Waals surface area contributed by atoms with Gasteiger partial charge in [-0.05, 0) is 49.2 Å². The van der Waals surface area contributed by atoms with Crippen LogP contribution < -0.4 is 10.3 Å². The summed E-state index contributed by atoms with van der Waals surface area (Å²) in [5.74, 6) is 0.862. The fraction of sp³-hybridized carbons (Fsp3) is 0.250. The Morgan fingerprint density at radius 1 is 0.929 bits per heavy atom. The van der Waals surface area contributed by atoms with Crippen molar-refractivity contribution in [2.75, 3.05) is 0 Å². The van der Waals surface area contributed by atoms with E-state index in [0.717, 1.165) is 32.7 Å². The molecular formula is C20H19BClF4NO. The lowest BCUT2D eigenvalue weighted by Gasteiger charge is -2.04. The second-order valence-electron chi connectivity index (χ2n) is 6.65. The molecule has 0 atom stereocenters. The number of halogens is 5. The van der Waals surface area contributed by atoms with Crippen molar-refractivity contribution >= 4 is 29.8 Å². The third kappa shape index (κ3) is 5.86. The highest BCUT2D eigenvalue weighted by molar-refractivity contribution is 6.50. The van der Waals surface area contributed by atoms with Crippen LogP contribution >= 0.6 is 11.6 Å². The Balaban J connectivity index is 0.000000403. The molecular weight excluding hydrogens is 392 g/mol. The fourth-order valence-electron chi connectivity index (χ4n) is 3.30. The quantitative estimate of drug-likeness (QED) is 0.467. The molecule has 4 rings (SSSR count). The van der Waals surface area contributed by atoms with Crippen LogP contribution in [0.25, 0.3) is 22.3 Å². The van der Waals surface area contributed by atoms with Crippen molar-refractivity contribution in [3.05, 3.63) is 65.0 Å². The molecule has 0 spiro atoms. The molecule has 0 bridgehead atoms. The highest BCUT2D eigenvalue weighted by atomic mass is 35.5. The first-order valence-electron chi connectivity index (χ1n) is 9.05. The van der Waals surface area contributed by atoms with Crippen LogP contribution in [0.5, 0.6) is 0 Å². The summed E-state index contributed by atoms with van der Waals surface area (Å²) in [6.45, 7) is 0. The molecule has 1 N–H and O–H groups in total. The van der Waals surface area contributed by atoms with Crippen LogP contribution in [0.3, 0.4) is 0 Å². The predicted octanol–water partition coefficient (Wildman–Crippen LogP) is 4.98. The SMILES string of the molecule is Clc1ccc(-c2cc(=[NH+]C3CCCC3)c3ccccc3o2)cc1.F[B-](F)(F)F. The molecule has 148 valence electrons. The van der Waals surface area contributed by atoms with Crippen molar-refractivity contribution < 1.29 is 26.7 Å². The van der Waals surface area contributed by atoms with E-state index in [4.69, 9.17) is 16.0 Å². The second kappa shape index (κ2) is 8.82. The topological polar surface area (TPSA) is 27.1 Å². The van der Waals surface area contributed by atoms with Gasteiger partial charge >= 0.3 is 7.25 Å². The summed E-state index contributed by atoms with van der Waals surface area (Å²) in [6.07, 6.45) is 5.13. The Bertz CT molecular complexity index is 989. The highest BCUT2D eigenvalue weighted by Crippen LogP contribution is 2.23. The number of nitrogens with one attached hydrogen (secondary N) is 1. The summed E-state index contributed by atoms with van der Waals surface area (Å²) in [4.78, 5) is 3.72. The molecule has 1 heterocycles. The molecule has 0 saturated heterocycles. The molecule has 8 heteroatoms. The van der Waals surface area contributed by atoms with Gasteiger partial charge in [-0.15, -0.1) is 0 Å². The number of hydrogen-bond donors (Lipinski definition) is 1. The normalized spacial score (nSPS) is 15.5. The van der Waals surface area contributed by atoms with Gasteiger partial charge in [-0.25, -0.2) is 4.99 Å². The van der Waals surface area contributed by atoms with Crippen molar-refractivity contribution in [3.63, 3.8) is 0 Å². The van der Waals surface area contributed by atoms with Crippen LogP contribution in [-0.4, -0.2) is 13.3 Å². The van der Waals surface area contributed by atoms with Crippen molar-refractivity contribution in [1.29, 1.82) is 0 Å². The maximum atomic E-state index is 9.75. The zero-order chi connectivity index (χ0) is 20.1. The smallest absolute Gasteiger partial charge is 0.456 e. The molecule has 28 heavy (non-hydrogen) atoms. The maximum Gasteiger partial charge on any atom is 0.673 e. The van der Waals surface area contributed by atoms with Crippen LogP contribution in [-0.2, 0) is 0 Å². The van der Waals surface area contributed by atoms with E-state index in [0.29, 0.717) is 6.04 Å². The van der Waals surface area contributed by atoms with E-state index in [9.17, 15) is 17.3 Å². The van der Waals surface area contributed by atoms with Gasteiger partial charge in [0.1, 0.15) is 11.3 Å². The molecule has 2 aromatic carbocycles. The van der Waals surface area contributed by atoms with Crippen LogP contribution in [0.1, 0.15) is 25.7 Å². The lowest BCUT2D eigenvalue weighted by molar-refractivity contribution is -0.540. The van der Waals surface area contributed by atoms with Crippen LogP contribution in [0.2, 0.25) is 5.02 Å². The molecule has 1 fully saturated rings. The van der Waals surface area contributed by atoms with E-state index in [1.807, 2.05) is 36.4 Å². The largest absolute Gasteiger partial charge is 0.673 e. The standard InChI is InChI=1S/C20H18ClNO.BF4/c21-15-11-9-14(10-12-15)20-13-18(22-16-5-1-2-6-16)17-7-3-4-8-19(17)23-20;2-1(3,4)5/h3-4,7-13,16H,1-2,5-6H2;/q;-1/p+1. The number of rotatable bonds is 2. The number of fused-ring (bicyclic) bond motifs is 1. The second-order valence-corrected chi connectivity index (χ2v) is 7.08. The monoisotopic (exact) mass is 411 g/mol. The number of benzene rings is 2. The number of hydrogen-bond acceptors (Lipinski definition) is 1. The minimum absolute atomic E-state index is 0.568. The molecule has 1 saturated carbocycles. The van der Waals surface area contributed by atoms with E-state index in [2.05, 4.69) is 23.2 Å². The summed E-state index contributed by atoms with van der Waals surface area (Å²) in [5.41, 5.74) is 1.94. The van der Waals surface area contributed by atoms with Crippen LogP contribution in [0, 0.1) is 0 Å². The molecule has 3 aromatic rings. The average molecular weight is 412 g/mol. The minimum atomic E-state index is -6.00. The minimum Gasteiger partial charge on any atom is -0.456 e. The zero-order valence-electron chi connectivity index (χ0n) is 15.0. The van der Waals surface area contributed by atoms with Crippen LogP contribution in [0.15, 0.2) is 59.0 Å². The first kappa shape index (κ1) is 20.5. The highest BCUT2D eigenvalue weighted by Gasteiger charge is 2.20. The molecule has 0 radical (unpaired) electrons. The maximum absolute atomic E-state index is 9.75. The zero-order valence-corrected chi connectivity index (χ0v) is 15.7. The summed E-state index contributed by atoms with van der Waals surface area (Å²) in [5, 5.41) is 3.03. The lowest BCUT2D eigenvalue weighted by atomic mass is 10.1. The van der Waals surface area contributed by atoms with Gasteiger partial charge in [0.15, 0.2) is 6.04 Å². The Morgan fingerprint density at radius 3 is 2.18 bits per heavy atom. The summed E-state index contributed by atoms with van der Waals surface area (Å²) < 4.78 is 45.1. The van der Waals surface area contributed by atoms with Crippen molar-refractivity contribution in [1.82, 2.24) is 0 Å². The van der Waals surface area contributed by atoms with E-state index in [1.165, 1.54) is 25.7 Å². The van der Waals surface area contributed by atoms with Gasteiger partial charge in [0.05, 0.1) is 11.5 Å². The van der Waals surface area contributed by atoms with Gasteiger partial charge in [0.25, 0.3) is 0 Å². The van der Waals surface area contributed by atoms with Crippen molar-refractivity contribution in [2.24, 2.45) is 0 Å². The van der Waals surface area contributed by atoms with E-state index in [-0.39, 0.29) is 0 Å². The lowest BCUT2D eigenvalue weighted by Crippen LogP contribution is -2.82. The predicted molar refractivity (Wildman–Crippen MR) is 103 cm³/mol. The summed E-state index contributed by atoms with van der Waals surface area (Å²) >= 11 is 6.00. The molecule has 0 aliphatic heterocycles. The molecule has 2 nitrogen and oxygen atoms in total. The van der Waals surface area contributed by atoms with E-state index in [1.54, 1.807) is 0 Å². The molecule has 1 aliphatic rings. The first-order valence-corrected chi connectivity index (χ1v) is 9.43. The number of para-hydroxylation sites is 1. The Hall–Kier alpha value is -2.28. The molecule has 0 amide bonds. The summed E-state index contributed by atoms with van der Waals surface area (Å²) in [7, 11) is -6.00. The third-order valence-electron chi connectivity index (χ3n) is 4.52. The van der Waals surface area contributed by atoms with Crippen molar-refractivity contribution in [2.45, 2.75) is 31.7 Å². The molecule has 1 aromatic heterocycles. The average Bonchev–Trinajstić information content (AvgIpc) is 3.14. The Labute approximate surface area is 165 Å². The van der Waals surface area contributed by atoms with Gasteiger partial charge in [0, 0.05) is 23.4 Å². The first-order chi connectivity index (χ1) is 13.3. The third-order valence-corrected chi connectivity index (χ3v) is 4.77. The van der Waals surface area contributed by atoms with Gasteiger partial charge < -0.3 is 21.7 Å². The van der Waals surface area contributed by atoms with E-state index >= 15 is 0 Å². The Morgan fingerprint density at radius 2 is 1.54 bits per heavy atom. The van der Waals surface area contributed by atoms with E-state index < -0.39 is 7.25 Å².